The van der Waals surface area contributed by atoms with Crippen LogP contribution in [0.4, 0.5) is 4.39 Å². The Morgan fingerprint density at radius 1 is 1.50 bits per heavy atom. The first-order valence-electron chi connectivity index (χ1n) is 6.13. The first-order valence-corrected chi connectivity index (χ1v) is 6.13. The molecule has 1 aromatic rings. The van der Waals surface area contributed by atoms with Crippen LogP contribution in [0.2, 0.25) is 0 Å². The Balaban J connectivity index is 2.15. The fourth-order valence-electron chi connectivity index (χ4n) is 2.32. The summed E-state index contributed by atoms with van der Waals surface area (Å²) < 4.78 is 13.1. The summed E-state index contributed by atoms with van der Waals surface area (Å²) in [5.74, 6) is -0.577. The fraction of sp³-hybridized carbons (Fsp3) is 0.500. The van der Waals surface area contributed by atoms with Crippen molar-refractivity contribution in [2.45, 2.75) is 26.4 Å². The average Bonchev–Trinajstić information content (AvgIpc) is 2.31. The molecule has 1 unspecified atom stereocenters. The van der Waals surface area contributed by atoms with E-state index >= 15 is 0 Å². The van der Waals surface area contributed by atoms with Crippen molar-refractivity contribution in [2.24, 2.45) is 5.41 Å². The summed E-state index contributed by atoms with van der Waals surface area (Å²) in [4.78, 5) is 13.9. The van der Waals surface area contributed by atoms with Crippen LogP contribution in [0.15, 0.2) is 24.3 Å². The van der Waals surface area contributed by atoms with Gasteiger partial charge in [-0.15, -0.1) is 0 Å². The molecule has 0 spiro atoms. The van der Waals surface area contributed by atoms with E-state index in [1.165, 1.54) is 18.2 Å². The Hall–Kier alpha value is -1.42. The summed E-state index contributed by atoms with van der Waals surface area (Å²) in [6.45, 7) is 4.87. The smallest absolute Gasteiger partial charge is 0.253 e. The van der Waals surface area contributed by atoms with Gasteiger partial charge in [-0.05, 0) is 24.6 Å². The number of amides is 1. The van der Waals surface area contributed by atoms with E-state index < -0.39 is 11.9 Å². The zero-order valence-electron chi connectivity index (χ0n) is 10.7. The van der Waals surface area contributed by atoms with E-state index in [4.69, 9.17) is 0 Å². The summed E-state index contributed by atoms with van der Waals surface area (Å²) in [5.41, 5.74) is 0.0449. The quantitative estimate of drug-likeness (QED) is 0.830. The van der Waals surface area contributed by atoms with Crippen LogP contribution >= 0.6 is 0 Å². The number of likely N-dealkylation sites (tertiary alicyclic amines) is 1. The minimum absolute atomic E-state index is 0.172. The number of halogens is 1. The number of carbonyl (C=O) groups excluding carboxylic acids is 1. The van der Waals surface area contributed by atoms with E-state index in [1.807, 2.05) is 13.8 Å². The lowest BCUT2D eigenvalue weighted by atomic mass is 9.81. The lowest BCUT2D eigenvalue weighted by Gasteiger charge is -2.41. The maximum Gasteiger partial charge on any atom is 0.253 e. The highest BCUT2D eigenvalue weighted by Gasteiger charge is 2.36. The van der Waals surface area contributed by atoms with E-state index in [-0.39, 0.29) is 11.3 Å². The zero-order chi connectivity index (χ0) is 13.3. The van der Waals surface area contributed by atoms with Crippen LogP contribution in [0.3, 0.4) is 0 Å². The molecule has 1 aromatic carbocycles. The third-order valence-corrected chi connectivity index (χ3v) is 3.53. The first-order chi connectivity index (χ1) is 8.40. The number of rotatable bonds is 1. The molecule has 1 N–H and O–H groups in total. The summed E-state index contributed by atoms with van der Waals surface area (Å²) in [7, 11) is 0. The molecule has 0 radical (unpaired) electrons. The lowest BCUT2D eigenvalue weighted by Crippen LogP contribution is -2.50. The van der Waals surface area contributed by atoms with Gasteiger partial charge in [0.1, 0.15) is 5.82 Å². The Bertz CT molecular complexity index is 459. The van der Waals surface area contributed by atoms with Crippen LogP contribution in [0.25, 0.3) is 0 Å². The molecule has 1 heterocycles. The van der Waals surface area contributed by atoms with E-state index in [1.54, 1.807) is 11.0 Å². The summed E-state index contributed by atoms with van der Waals surface area (Å²) in [6.07, 6.45) is 0.169. The molecule has 1 amide bonds. The fourth-order valence-corrected chi connectivity index (χ4v) is 2.32. The first kappa shape index (κ1) is 13.0. The molecular weight excluding hydrogens is 233 g/mol. The molecule has 1 saturated heterocycles. The Labute approximate surface area is 106 Å². The number of hydrogen-bond acceptors (Lipinski definition) is 2. The second-order valence-corrected chi connectivity index (χ2v) is 5.53. The van der Waals surface area contributed by atoms with Gasteiger partial charge in [0.25, 0.3) is 5.91 Å². The normalized spacial score (nSPS) is 22.9. The highest BCUT2D eigenvalue weighted by molar-refractivity contribution is 5.94. The van der Waals surface area contributed by atoms with Gasteiger partial charge in [0.15, 0.2) is 0 Å². The van der Waals surface area contributed by atoms with Crippen molar-refractivity contribution in [1.82, 2.24) is 4.90 Å². The summed E-state index contributed by atoms with van der Waals surface area (Å²) in [6, 6.07) is 5.72. The summed E-state index contributed by atoms with van der Waals surface area (Å²) >= 11 is 0. The van der Waals surface area contributed by atoms with Gasteiger partial charge in [-0.3, -0.25) is 4.79 Å². The molecule has 3 nitrogen and oxygen atoms in total. The zero-order valence-corrected chi connectivity index (χ0v) is 10.7. The topological polar surface area (TPSA) is 40.5 Å². The largest absolute Gasteiger partial charge is 0.392 e. The van der Waals surface area contributed by atoms with Crippen LogP contribution in [0, 0.1) is 11.2 Å². The molecule has 98 valence electrons. The van der Waals surface area contributed by atoms with Gasteiger partial charge < -0.3 is 10.0 Å². The van der Waals surface area contributed by atoms with Crippen LogP contribution < -0.4 is 0 Å². The molecule has 1 aliphatic rings. The second-order valence-electron chi connectivity index (χ2n) is 5.53. The number of aliphatic hydroxyl groups excluding tert-OH is 1. The van der Waals surface area contributed by atoms with E-state index in [2.05, 4.69) is 0 Å². The van der Waals surface area contributed by atoms with Gasteiger partial charge in [-0.2, -0.15) is 0 Å². The Morgan fingerprint density at radius 2 is 2.22 bits per heavy atom. The average molecular weight is 251 g/mol. The van der Waals surface area contributed by atoms with E-state index in [0.29, 0.717) is 25.1 Å². The molecule has 0 bridgehead atoms. The number of hydrogen-bond donors (Lipinski definition) is 1. The lowest BCUT2D eigenvalue weighted by molar-refractivity contribution is -0.0182. The Kier molecular flexibility index (Phi) is 3.39. The standard InChI is InChI=1S/C14H18FNO2/c1-14(2)9-16(7-6-12(14)17)13(18)10-4-3-5-11(15)8-10/h3-5,8,12,17H,6-7,9H2,1-2H3. The van der Waals surface area contributed by atoms with Crippen molar-refractivity contribution in [2.75, 3.05) is 13.1 Å². The maximum absolute atomic E-state index is 13.1. The van der Waals surface area contributed by atoms with E-state index in [9.17, 15) is 14.3 Å². The van der Waals surface area contributed by atoms with Gasteiger partial charge in [-0.25, -0.2) is 4.39 Å². The van der Waals surface area contributed by atoms with Crippen LogP contribution in [-0.2, 0) is 0 Å². The predicted octanol–water partition coefficient (Wildman–Crippen LogP) is 2.06. The molecule has 2 rings (SSSR count). The molecule has 18 heavy (non-hydrogen) atoms. The molecule has 4 heteroatoms. The van der Waals surface area contributed by atoms with E-state index in [0.717, 1.165) is 0 Å². The Morgan fingerprint density at radius 3 is 2.83 bits per heavy atom. The predicted molar refractivity (Wildman–Crippen MR) is 66.7 cm³/mol. The molecule has 0 aromatic heterocycles. The van der Waals surface area contributed by atoms with Crippen molar-refractivity contribution < 1.29 is 14.3 Å². The molecular formula is C14H18FNO2. The SMILES string of the molecule is CC1(C)CN(C(=O)c2cccc(F)c2)CCC1O. The highest BCUT2D eigenvalue weighted by Crippen LogP contribution is 2.29. The minimum Gasteiger partial charge on any atom is -0.392 e. The number of carbonyl (C=O) groups is 1. The molecule has 0 saturated carbocycles. The van der Waals surface area contributed by atoms with Gasteiger partial charge in [0.05, 0.1) is 6.10 Å². The molecule has 1 fully saturated rings. The van der Waals surface area contributed by atoms with Crippen molar-refractivity contribution in [3.63, 3.8) is 0 Å². The van der Waals surface area contributed by atoms with Gasteiger partial charge in [0.2, 0.25) is 0 Å². The molecule has 1 atom stereocenters. The molecule has 1 aliphatic heterocycles. The maximum atomic E-state index is 13.1. The number of benzene rings is 1. The minimum atomic E-state index is -0.405. The van der Waals surface area contributed by atoms with Crippen molar-refractivity contribution >= 4 is 5.91 Å². The number of aliphatic hydroxyl groups is 1. The van der Waals surface area contributed by atoms with Crippen LogP contribution in [0.5, 0.6) is 0 Å². The third-order valence-electron chi connectivity index (χ3n) is 3.53. The number of piperidine rings is 1. The summed E-state index contributed by atoms with van der Waals surface area (Å²) in [5, 5.41) is 9.85. The van der Waals surface area contributed by atoms with Crippen molar-refractivity contribution in [3.8, 4) is 0 Å². The van der Waals surface area contributed by atoms with Gasteiger partial charge in [0, 0.05) is 24.1 Å². The van der Waals surface area contributed by atoms with Gasteiger partial charge in [-0.1, -0.05) is 19.9 Å². The van der Waals surface area contributed by atoms with Crippen molar-refractivity contribution in [3.05, 3.63) is 35.6 Å². The van der Waals surface area contributed by atoms with Crippen LogP contribution in [0.1, 0.15) is 30.6 Å². The third kappa shape index (κ3) is 2.53. The van der Waals surface area contributed by atoms with Crippen molar-refractivity contribution in [1.29, 1.82) is 0 Å². The monoisotopic (exact) mass is 251 g/mol. The molecule has 0 aliphatic carbocycles. The highest BCUT2D eigenvalue weighted by atomic mass is 19.1. The second kappa shape index (κ2) is 4.69. The van der Waals surface area contributed by atoms with Gasteiger partial charge >= 0.3 is 0 Å². The number of nitrogens with zero attached hydrogens (tertiary/aromatic N) is 1. The van der Waals surface area contributed by atoms with Crippen LogP contribution in [-0.4, -0.2) is 35.1 Å².